The summed E-state index contributed by atoms with van der Waals surface area (Å²) >= 11 is 6.31. The molecule has 172 valence electrons. The SMILES string of the molecule is Cn1[nH]c2c(c1=O)=C(c1cccc(Cl)c1)N(Cc1ccccc1CN1CCOCC1)C(O)C=2. The zero-order valence-electron chi connectivity index (χ0n) is 18.5. The fourth-order valence-electron chi connectivity index (χ4n) is 4.60. The molecule has 2 aliphatic rings. The predicted molar refractivity (Wildman–Crippen MR) is 128 cm³/mol. The third-order valence-corrected chi connectivity index (χ3v) is 6.52. The van der Waals surface area contributed by atoms with Crippen LogP contribution in [0.1, 0.15) is 16.7 Å². The molecule has 0 bridgehead atoms. The first kappa shape index (κ1) is 22.0. The van der Waals surface area contributed by atoms with E-state index in [2.05, 4.69) is 22.1 Å². The Morgan fingerprint density at radius 2 is 1.82 bits per heavy atom. The molecular weight excluding hydrogens is 440 g/mol. The predicted octanol–water partition coefficient (Wildman–Crippen LogP) is 0.970. The van der Waals surface area contributed by atoms with Gasteiger partial charge >= 0.3 is 0 Å². The Kier molecular flexibility index (Phi) is 6.12. The highest BCUT2D eigenvalue weighted by Crippen LogP contribution is 2.26. The fourth-order valence-corrected chi connectivity index (χ4v) is 4.79. The van der Waals surface area contributed by atoms with E-state index in [9.17, 15) is 9.90 Å². The number of aryl methyl sites for hydroxylation is 1. The lowest BCUT2D eigenvalue weighted by Crippen LogP contribution is -2.49. The van der Waals surface area contributed by atoms with E-state index in [-0.39, 0.29) is 5.56 Å². The highest BCUT2D eigenvalue weighted by molar-refractivity contribution is 6.30. The summed E-state index contributed by atoms with van der Waals surface area (Å²) in [5, 5.41) is 15.9. The van der Waals surface area contributed by atoms with Gasteiger partial charge in [0.05, 0.1) is 29.5 Å². The maximum absolute atomic E-state index is 13.0. The monoisotopic (exact) mass is 466 g/mol. The van der Waals surface area contributed by atoms with Gasteiger partial charge in [-0.15, -0.1) is 0 Å². The molecule has 0 saturated carbocycles. The number of hydrogen-bond acceptors (Lipinski definition) is 5. The van der Waals surface area contributed by atoms with Gasteiger partial charge in [-0.2, -0.15) is 0 Å². The van der Waals surface area contributed by atoms with E-state index in [1.54, 1.807) is 19.2 Å². The van der Waals surface area contributed by atoms with Crippen molar-refractivity contribution in [3.63, 3.8) is 0 Å². The highest BCUT2D eigenvalue weighted by Gasteiger charge is 2.26. The number of ether oxygens (including phenoxy) is 1. The lowest BCUT2D eigenvalue weighted by molar-refractivity contribution is 0.0339. The van der Waals surface area contributed by atoms with Gasteiger partial charge in [-0.1, -0.05) is 48.0 Å². The van der Waals surface area contributed by atoms with Gasteiger partial charge in [0.15, 0.2) is 0 Å². The lowest BCUT2D eigenvalue weighted by atomic mass is 10.0. The van der Waals surface area contributed by atoms with Crippen LogP contribution in [0.25, 0.3) is 11.8 Å². The molecule has 1 saturated heterocycles. The molecule has 1 fully saturated rings. The second kappa shape index (κ2) is 9.19. The molecule has 33 heavy (non-hydrogen) atoms. The molecule has 0 radical (unpaired) electrons. The molecule has 0 aliphatic carbocycles. The minimum atomic E-state index is -0.902. The number of benzene rings is 2. The largest absolute Gasteiger partial charge is 0.379 e. The van der Waals surface area contributed by atoms with E-state index in [4.69, 9.17) is 16.3 Å². The molecule has 0 spiro atoms. The van der Waals surface area contributed by atoms with Crippen LogP contribution in [0.15, 0.2) is 53.3 Å². The topological polar surface area (TPSA) is 73.7 Å². The highest BCUT2D eigenvalue weighted by atomic mass is 35.5. The van der Waals surface area contributed by atoms with Crippen LogP contribution < -0.4 is 16.1 Å². The lowest BCUT2D eigenvalue weighted by Gasteiger charge is -2.34. The molecule has 8 heteroatoms. The molecule has 5 rings (SSSR count). The van der Waals surface area contributed by atoms with E-state index in [0.29, 0.717) is 27.8 Å². The fraction of sp³-hybridized carbons (Fsp3) is 0.320. The van der Waals surface area contributed by atoms with Gasteiger partial charge in [0, 0.05) is 43.8 Å². The summed E-state index contributed by atoms with van der Waals surface area (Å²) in [5.74, 6) is 0. The number of aliphatic hydroxyl groups is 1. The van der Waals surface area contributed by atoms with E-state index < -0.39 is 6.23 Å². The first-order valence-corrected chi connectivity index (χ1v) is 11.5. The smallest absolute Gasteiger partial charge is 0.276 e. The second-order valence-electron chi connectivity index (χ2n) is 8.49. The summed E-state index contributed by atoms with van der Waals surface area (Å²) < 4.78 is 6.93. The number of fused-ring (bicyclic) bond motifs is 1. The zero-order chi connectivity index (χ0) is 22.9. The number of rotatable bonds is 5. The molecule has 3 aromatic rings. The van der Waals surface area contributed by atoms with Gasteiger partial charge in [0.25, 0.3) is 5.56 Å². The van der Waals surface area contributed by atoms with Crippen LogP contribution in [-0.4, -0.2) is 57.2 Å². The van der Waals surface area contributed by atoms with Gasteiger partial charge in [-0.3, -0.25) is 19.5 Å². The van der Waals surface area contributed by atoms with Crippen molar-refractivity contribution < 1.29 is 9.84 Å². The molecule has 1 aromatic heterocycles. The van der Waals surface area contributed by atoms with Gasteiger partial charge in [0.1, 0.15) is 6.23 Å². The first-order valence-electron chi connectivity index (χ1n) is 11.1. The number of hydrogen-bond donors (Lipinski definition) is 2. The maximum atomic E-state index is 13.0. The average molecular weight is 467 g/mol. The van der Waals surface area contributed by atoms with Crippen LogP contribution >= 0.6 is 11.6 Å². The summed E-state index contributed by atoms with van der Waals surface area (Å²) in [6, 6.07) is 15.7. The van der Waals surface area contributed by atoms with Crippen LogP contribution in [0.4, 0.5) is 0 Å². The minimum Gasteiger partial charge on any atom is -0.379 e. The van der Waals surface area contributed by atoms with Gasteiger partial charge in [-0.25, -0.2) is 0 Å². The Morgan fingerprint density at radius 3 is 2.55 bits per heavy atom. The summed E-state index contributed by atoms with van der Waals surface area (Å²) in [5.41, 5.74) is 3.62. The number of H-pyrrole nitrogens is 1. The standard InChI is InChI=1S/C25H27ClN4O3/c1-28-25(32)23-21(27-28)14-22(31)30(24(23)17-7-4-8-20(26)13-17)16-19-6-3-2-5-18(19)15-29-9-11-33-12-10-29/h2-8,13-14,22,27,31H,9-12,15-16H2,1H3. The van der Waals surface area contributed by atoms with Crippen molar-refractivity contribution in [1.82, 2.24) is 19.6 Å². The molecule has 2 aliphatic heterocycles. The van der Waals surface area contributed by atoms with Crippen molar-refractivity contribution in [2.24, 2.45) is 7.05 Å². The molecule has 2 N–H and O–H groups in total. The second-order valence-corrected chi connectivity index (χ2v) is 8.93. The van der Waals surface area contributed by atoms with Gasteiger partial charge < -0.3 is 14.7 Å². The number of aromatic amines is 1. The normalized spacial score (nSPS) is 18.8. The Hall–Kier alpha value is -2.84. The number of halogens is 1. The Labute approximate surface area is 196 Å². The van der Waals surface area contributed by atoms with Crippen LogP contribution in [0.3, 0.4) is 0 Å². The van der Waals surface area contributed by atoms with Crippen LogP contribution in [0.2, 0.25) is 5.02 Å². The molecule has 1 atom stereocenters. The van der Waals surface area contributed by atoms with Crippen molar-refractivity contribution in [2.45, 2.75) is 19.3 Å². The van der Waals surface area contributed by atoms with E-state index in [1.165, 1.54) is 10.2 Å². The van der Waals surface area contributed by atoms with Gasteiger partial charge in [-0.05, 0) is 29.3 Å². The third kappa shape index (κ3) is 4.37. The summed E-state index contributed by atoms with van der Waals surface area (Å²) in [4.78, 5) is 17.3. The minimum absolute atomic E-state index is 0.144. The van der Waals surface area contributed by atoms with Crippen molar-refractivity contribution >= 4 is 23.4 Å². The van der Waals surface area contributed by atoms with Gasteiger partial charge in [0.2, 0.25) is 0 Å². The van der Waals surface area contributed by atoms with E-state index in [1.807, 2.05) is 35.2 Å². The quantitative estimate of drug-likeness (QED) is 0.586. The summed E-state index contributed by atoms with van der Waals surface area (Å²) in [7, 11) is 1.68. The average Bonchev–Trinajstić information content (AvgIpc) is 3.09. The van der Waals surface area contributed by atoms with Crippen molar-refractivity contribution in [3.8, 4) is 0 Å². The third-order valence-electron chi connectivity index (χ3n) is 6.29. The Bertz CT molecular complexity index is 1340. The summed E-state index contributed by atoms with van der Waals surface area (Å²) in [6.45, 7) is 4.56. The van der Waals surface area contributed by atoms with Crippen LogP contribution in [0, 0.1) is 0 Å². The number of aromatic nitrogens is 2. The molecular formula is C25H27ClN4O3. The van der Waals surface area contributed by atoms with E-state index in [0.717, 1.165) is 44.0 Å². The molecule has 0 amide bonds. The number of aliphatic hydroxyl groups excluding tert-OH is 1. The number of morpholine rings is 1. The maximum Gasteiger partial charge on any atom is 0.276 e. The van der Waals surface area contributed by atoms with Crippen molar-refractivity contribution in [1.29, 1.82) is 0 Å². The van der Waals surface area contributed by atoms with E-state index >= 15 is 0 Å². The van der Waals surface area contributed by atoms with Crippen molar-refractivity contribution in [3.05, 3.63) is 91.2 Å². The molecule has 3 heterocycles. The Balaban J connectivity index is 1.60. The molecule has 7 nitrogen and oxygen atoms in total. The summed E-state index contributed by atoms with van der Waals surface area (Å²) in [6.07, 6.45) is 0.788. The van der Waals surface area contributed by atoms with Crippen LogP contribution in [0.5, 0.6) is 0 Å². The number of nitrogens with zero attached hydrogens (tertiary/aromatic N) is 3. The zero-order valence-corrected chi connectivity index (χ0v) is 19.3. The Morgan fingerprint density at radius 1 is 1.09 bits per heavy atom. The van der Waals surface area contributed by atoms with Crippen LogP contribution in [-0.2, 0) is 24.9 Å². The first-order chi connectivity index (χ1) is 16.0. The molecule has 1 unspecified atom stereocenters. The van der Waals surface area contributed by atoms with Crippen molar-refractivity contribution in [2.75, 3.05) is 26.3 Å². The molecule has 2 aromatic carbocycles. The number of nitrogens with one attached hydrogen (secondary N) is 1.